The average molecular weight is 967 g/mol. The third-order valence-electron chi connectivity index (χ3n) is 10.9. The molecule has 3 N–H and O–H groups in total. The molecule has 8 aromatic rings. The fourth-order valence-corrected chi connectivity index (χ4v) is 12.2. The first-order valence-corrected chi connectivity index (χ1v) is 23.9. The SMILES string of the molecule is N[C@@H]1c2ccccc2CC12CCN(c1cc3nc(Sc4cccc(Cl)c4Cl)cnc3[nH]1)CC2.O=S(=O)(c1ccccc1)n1c(Cl)cc2nc(Sc3cccc(Cl)c3Cl)cnc21. The van der Waals surface area contributed by atoms with Gasteiger partial charge in [0.05, 0.1) is 37.4 Å². The van der Waals surface area contributed by atoms with Gasteiger partial charge in [0, 0.05) is 41.1 Å². The van der Waals surface area contributed by atoms with E-state index in [0.29, 0.717) is 35.5 Å². The molecule has 4 aromatic heterocycles. The van der Waals surface area contributed by atoms with Crippen molar-refractivity contribution in [2.24, 2.45) is 11.1 Å². The summed E-state index contributed by atoms with van der Waals surface area (Å²) in [5, 5.41) is 3.24. The van der Waals surface area contributed by atoms with Crippen LogP contribution in [0.4, 0.5) is 5.82 Å². The number of nitrogens with one attached hydrogen (secondary N) is 1. The maximum atomic E-state index is 13.0. The lowest BCUT2D eigenvalue weighted by Gasteiger charge is -2.42. The summed E-state index contributed by atoms with van der Waals surface area (Å²) in [5.74, 6) is 1.06. The standard InChI is InChI=1S/C25H23Cl2N5S.C18H10Cl3N3O2S2/c26-17-6-3-7-19(22(17)27)33-21-14-29-24-18(30-21)12-20(31-24)32-10-8-25(9-11-32)13-15-4-1-2-5-16(15)23(25)28;19-12-7-4-8-14(17(12)21)27-16-10-22-18-13(23-16)9-15(20)24(18)28(25,26)11-5-2-1-3-6-11/h1-7,12,14,23H,8-11,13,28H2,(H,29,31);1-10H/t23-;/m1./s1. The van der Waals surface area contributed by atoms with Gasteiger partial charge in [0.25, 0.3) is 10.0 Å². The van der Waals surface area contributed by atoms with Gasteiger partial charge in [-0.2, -0.15) is 0 Å². The molecule has 310 valence electrons. The Morgan fingerprint density at radius 2 is 1.33 bits per heavy atom. The number of hydrogen-bond donors (Lipinski definition) is 2. The number of anilines is 1. The number of halogens is 5. The van der Waals surface area contributed by atoms with Crippen LogP contribution in [0.5, 0.6) is 0 Å². The predicted molar refractivity (Wildman–Crippen MR) is 248 cm³/mol. The molecule has 1 atom stereocenters. The number of rotatable bonds is 7. The van der Waals surface area contributed by atoms with E-state index in [9.17, 15) is 8.42 Å². The maximum Gasteiger partial charge on any atom is 0.270 e. The van der Waals surface area contributed by atoms with Crippen LogP contribution in [0.25, 0.3) is 22.3 Å². The Bertz CT molecular complexity index is 3050. The van der Waals surface area contributed by atoms with Crippen LogP contribution < -0.4 is 10.6 Å². The van der Waals surface area contributed by atoms with Gasteiger partial charge in [0.15, 0.2) is 11.3 Å². The van der Waals surface area contributed by atoms with Gasteiger partial charge in [-0.05, 0) is 72.2 Å². The van der Waals surface area contributed by atoms with Crippen LogP contribution >= 0.6 is 81.5 Å². The second-order valence-electron chi connectivity index (χ2n) is 14.6. The summed E-state index contributed by atoms with van der Waals surface area (Å²) in [4.78, 5) is 25.7. The third kappa shape index (κ3) is 8.32. The zero-order chi connectivity index (χ0) is 42.5. The van der Waals surface area contributed by atoms with Crippen LogP contribution in [0.1, 0.15) is 30.0 Å². The molecular formula is C43H33Cl5N8O2S3. The van der Waals surface area contributed by atoms with Gasteiger partial charge in [0.1, 0.15) is 32.1 Å². The molecule has 10 rings (SSSR count). The lowest BCUT2D eigenvalue weighted by atomic mass is 9.73. The Morgan fingerprint density at radius 3 is 1.98 bits per heavy atom. The van der Waals surface area contributed by atoms with E-state index in [-0.39, 0.29) is 27.2 Å². The molecule has 0 radical (unpaired) electrons. The molecule has 5 heterocycles. The Hall–Kier alpha value is -4.02. The van der Waals surface area contributed by atoms with Crippen molar-refractivity contribution in [1.82, 2.24) is 28.9 Å². The minimum absolute atomic E-state index is 0.00166. The number of piperidine rings is 1. The van der Waals surface area contributed by atoms with Crippen LogP contribution in [-0.2, 0) is 16.4 Å². The number of benzene rings is 4. The highest BCUT2D eigenvalue weighted by Crippen LogP contribution is 2.51. The first-order valence-electron chi connectivity index (χ1n) is 18.9. The van der Waals surface area contributed by atoms with Gasteiger partial charge < -0.3 is 15.6 Å². The Morgan fingerprint density at radius 1 is 0.721 bits per heavy atom. The predicted octanol–water partition coefficient (Wildman–Crippen LogP) is 12.0. The van der Waals surface area contributed by atoms with Crippen molar-refractivity contribution in [3.63, 3.8) is 0 Å². The number of fused-ring (bicyclic) bond motifs is 3. The Kier molecular flexibility index (Phi) is 12.0. The molecule has 4 aromatic carbocycles. The fourth-order valence-electron chi connectivity index (χ4n) is 7.82. The van der Waals surface area contributed by atoms with E-state index < -0.39 is 10.0 Å². The largest absolute Gasteiger partial charge is 0.358 e. The van der Waals surface area contributed by atoms with Crippen LogP contribution in [0.15, 0.2) is 140 Å². The van der Waals surface area contributed by atoms with Crippen molar-refractivity contribution < 1.29 is 8.42 Å². The molecule has 18 heteroatoms. The number of nitrogens with two attached hydrogens (primary N) is 1. The van der Waals surface area contributed by atoms with E-state index in [1.807, 2.05) is 18.2 Å². The van der Waals surface area contributed by atoms with Gasteiger partial charge >= 0.3 is 0 Å². The molecule has 1 spiro atoms. The van der Waals surface area contributed by atoms with Gasteiger partial charge in [0.2, 0.25) is 0 Å². The van der Waals surface area contributed by atoms with Gasteiger partial charge in [-0.25, -0.2) is 32.3 Å². The molecule has 1 aliphatic heterocycles. The van der Waals surface area contributed by atoms with E-state index >= 15 is 0 Å². The summed E-state index contributed by atoms with van der Waals surface area (Å²) in [6, 6.07) is 31.2. The van der Waals surface area contributed by atoms with E-state index in [1.54, 1.807) is 42.6 Å². The highest BCUT2D eigenvalue weighted by atomic mass is 35.5. The second kappa shape index (κ2) is 17.3. The molecular weight excluding hydrogens is 934 g/mol. The summed E-state index contributed by atoms with van der Waals surface area (Å²) < 4.78 is 26.9. The maximum absolute atomic E-state index is 13.0. The average Bonchev–Trinajstić information content (AvgIpc) is 3.92. The van der Waals surface area contributed by atoms with Crippen molar-refractivity contribution in [3.8, 4) is 0 Å². The van der Waals surface area contributed by atoms with Gasteiger partial charge in [-0.3, -0.25) is 0 Å². The minimum Gasteiger partial charge on any atom is -0.358 e. The van der Waals surface area contributed by atoms with E-state index in [4.69, 9.17) is 68.7 Å². The molecule has 1 saturated heterocycles. The van der Waals surface area contributed by atoms with Crippen molar-refractivity contribution in [2.75, 3.05) is 18.0 Å². The van der Waals surface area contributed by atoms with E-state index in [0.717, 1.165) is 63.2 Å². The molecule has 0 saturated carbocycles. The highest BCUT2D eigenvalue weighted by Gasteiger charge is 2.46. The summed E-state index contributed by atoms with van der Waals surface area (Å²) in [6.07, 6.45) is 6.48. The van der Waals surface area contributed by atoms with Crippen LogP contribution in [-0.4, -0.2) is 50.4 Å². The fraction of sp³-hybridized carbons (Fsp3) is 0.163. The number of H-pyrrole nitrogens is 1. The highest BCUT2D eigenvalue weighted by molar-refractivity contribution is 7.99. The monoisotopic (exact) mass is 964 g/mol. The first kappa shape index (κ1) is 42.3. The molecule has 0 bridgehead atoms. The Balaban J connectivity index is 0.000000158. The molecule has 1 fully saturated rings. The summed E-state index contributed by atoms with van der Waals surface area (Å²) in [6.45, 7) is 1.93. The lowest BCUT2D eigenvalue weighted by molar-refractivity contribution is 0.187. The van der Waals surface area contributed by atoms with E-state index in [2.05, 4.69) is 55.2 Å². The molecule has 2 aliphatic rings. The Labute approximate surface area is 385 Å². The number of aromatic nitrogens is 6. The smallest absolute Gasteiger partial charge is 0.270 e. The third-order valence-corrected chi connectivity index (χ3v) is 16.8. The molecule has 10 nitrogen and oxygen atoms in total. The zero-order valence-electron chi connectivity index (χ0n) is 31.8. The van der Waals surface area contributed by atoms with Crippen LogP contribution in [0.2, 0.25) is 25.2 Å². The van der Waals surface area contributed by atoms with Crippen LogP contribution in [0.3, 0.4) is 0 Å². The minimum atomic E-state index is -3.90. The van der Waals surface area contributed by atoms with Gasteiger partial charge in [-0.1, -0.05) is 136 Å². The van der Waals surface area contributed by atoms with Gasteiger partial charge in [-0.15, -0.1) is 0 Å². The van der Waals surface area contributed by atoms with Crippen LogP contribution in [0, 0.1) is 5.41 Å². The first-order chi connectivity index (χ1) is 29.4. The lowest BCUT2D eigenvalue weighted by Crippen LogP contribution is -2.44. The number of hydrogen-bond acceptors (Lipinski definition) is 10. The normalized spacial score (nSPS) is 15.9. The summed E-state index contributed by atoms with van der Waals surface area (Å²) >= 11 is 33.7. The van der Waals surface area contributed by atoms with Crippen molar-refractivity contribution in [3.05, 3.63) is 152 Å². The molecule has 1 aliphatic carbocycles. The quantitative estimate of drug-likeness (QED) is 0.159. The second-order valence-corrected chi connectivity index (χ2v) is 20.4. The van der Waals surface area contributed by atoms with Crippen molar-refractivity contribution in [2.45, 2.75) is 50.0 Å². The van der Waals surface area contributed by atoms with Crippen molar-refractivity contribution >= 4 is 120 Å². The summed E-state index contributed by atoms with van der Waals surface area (Å²) in [7, 11) is -3.90. The number of aromatic amines is 1. The number of nitrogens with zero attached hydrogens (tertiary/aromatic N) is 6. The molecule has 61 heavy (non-hydrogen) atoms. The van der Waals surface area contributed by atoms with E-state index in [1.165, 1.54) is 59.0 Å². The summed E-state index contributed by atoms with van der Waals surface area (Å²) in [5.41, 5.74) is 11.8. The topological polar surface area (TPSA) is 136 Å². The zero-order valence-corrected chi connectivity index (χ0v) is 38.0. The van der Waals surface area contributed by atoms with Crippen molar-refractivity contribution in [1.29, 1.82) is 0 Å². The molecule has 0 amide bonds. The molecule has 0 unspecified atom stereocenters.